The second-order valence-electron chi connectivity index (χ2n) is 5.53. The van der Waals surface area contributed by atoms with Gasteiger partial charge in [0, 0.05) is 25.9 Å². The van der Waals surface area contributed by atoms with Gasteiger partial charge in [-0.15, -0.1) is 11.3 Å². The highest BCUT2D eigenvalue weighted by Gasteiger charge is 2.15. The van der Waals surface area contributed by atoms with Gasteiger partial charge < -0.3 is 9.42 Å². The highest BCUT2D eigenvalue weighted by Crippen LogP contribution is 2.21. The average Bonchev–Trinajstić information content (AvgIpc) is 3.28. The Labute approximate surface area is 149 Å². The van der Waals surface area contributed by atoms with Crippen molar-refractivity contribution in [2.45, 2.75) is 26.3 Å². The number of thiophene rings is 1. The van der Waals surface area contributed by atoms with Crippen molar-refractivity contribution in [3.05, 3.63) is 59.0 Å². The van der Waals surface area contributed by atoms with E-state index in [1.165, 1.54) is 23.5 Å². The number of amides is 1. The van der Waals surface area contributed by atoms with Crippen molar-refractivity contribution in [1.82, 2.24) is 15.0 Å². The summed E-state index contributed by atoms with van der Waals surface area (Å²) in [5, 5.41) is 5.88. The molecule has 0 bridgehead atoms. The van der Waals surface area contributed by atoms with Crippen LogP contribution in [0, 0.1) is 5.82 Å². The van der Waals surface area contributed by atoms with Crippen molar-refractivity contribution >= 4 is 17.2 Å². The van der Waals surface area contributed by atoms with E-state index in [0.29, 0.717) is 31.2 Å². The summed E-state index contributed by atoms with van der Waals surface area (Å²) in [4.78, 5) is 19.4. The maximum atomic E-state index is 13.3. The lowest BCUT2D eigenvalue weighted by Crippen LogP contribution is -2.30. The second-order valence-corrected chi connectivity index (χ2v) is 6.47. The summed E-state index contributed by atoms with van der Waals surface area (Å²) < 4.78 is 18.5. The molecule has 0 spiro atoms. The third kappa shape index (κ3) is 4.51. The summed E-state index contributed by atoms with van der Waals surface area (Å²) in [6, 6.07) is 10.1. The molecule has 5 nitrogen and oxygen atoms in total. The number of benzene rings is 1. The number of nitrogens with zero attached hydrogens (tertiary/aromatic N) is 3. The van der Waals surface area contributed by atoms with Crippen LogP contribution in [0.25, 0.3) is 10.7 Å². The molecule has 0 fully saturated rings. The van der Waals surface area contributed by atoms with Crippen LogP contribution in [0.15, 0.2) is 46.3 Å². The molecule has 0 atom stereocenters. The molecular formula is C18H18FN3O2S. The first-order chi connectivity index (χ1) is 12.2. The maximum absolute atomic E-state index is 13.3. The summed E-state index contributed by atoms with van der Waals surface area (Å²) in [5.41, 5.74) is 0.771. The average molecular weight is 359 g/mol. The quantitative estimate of drug-likeness (QED) is 0.641. The van der Waals surface area contributed by atoms with E-state index in [1.54, 1.807) is 11.0 Å². The molecule has 0 unspecified atom stereocenters. The van der Waals surface area contributed by atoms with Crippen molar-refractivity contribution in [2.75, 3.05) is 6.54 Å². The topological polar surface area (TPSA) is 59.2 Å². The smallest absolute Gasteiger partial charge is 0.227 e. The molecule has 25 heavy (non-hydrogen) atoms. The Kier molecular flexibility index (Phi) is 5.55. The standard InChI is InChI=1S/C18H18FN3O2S/c1-2-22(12-13-5-3-6-14(19)11-13)17(23)9-8-16-20-18(21-24-16)15-7-4-10-25-15/h3-7,10-11H,2,8-9,12H2,1H3. The van der Waals surface area contributed by atoms with Gasteiger partial charge in [-0.3, -0.25) is 4.79 Å². The molecular weight excluding hydrogens is 341 g/mol. The minimum Gasteiger partial charge on any atom is -0.339 e. The van der Waals surface area contributed by atoms with Crippen LogP contribution in [0.2, 0.25) is 0 Å². The van der Waals surface area contributed by atoms with Crippen LogP contribution < -0.4 is 0 Å². The van der Waals surface area contributed by atoms with Crippen molar-refractivity contribution in [1.29, 1.82) is 0 Å². The molecule has 0 aliphatic carbocycles. The summed E-state index contributed by atoms with van der Waals surface area (Å²) in [7, 11) is 0. The van der Waals surface area contributed by atoms with Crippen LogP contribution in [-0.2, 0) is 17.8 Å². The molecule has 3 rings (SSSR count). The Morgan fingerprint density at radius 1 is 1.32 bits per heavy atom. The molecule has 7 heteroatoms. The molecule has 0 aliphatic heterocycles. The first-order valence-corrected chi connectivity index (χ1v) is 8.92. The number of carbonyl (C=O) groups excluding carboxylic acids is 1. The lowest BCUT2D eigenvalue weighted by molar-refractivity contribution is -0.131. The maximum Gasteiger partial charge on any atom is 0.227 e. The van der Waals surface area contributed by atoms with Gasteiger partial charge in [0.15, 0.2) is 0 Å². The van der Waals surface area contributed by atoms with Gasteiger partial charge in [0.25, 0.3) is 0 Å². The normalized spacial score (nSPS) is 10.8. The second kappa shape index (κ2) is 8.02. The van der Waals surface area contributed by atoms with Gasteiger partial charge in [0.1, 0.15) is 5.82 Å². The number of hydrogen-bond acceptors (Lipinski definition) is 5. The minimum absolute atomic E-state index is 0.0253. The first-order valence-electron chi connectivity index (χ1n) is 8.04. The van der Waals surface area contributed by atoms with Crippen LogP contribution in [0.5, 0.6) is 0 Å². The lowest BCUT2D eigenvalue weighted by atomic mass is 10.2. The summed E-state index contributed by atoms with van der Waals surface area (Å²) in [6.45, 7) is 2.84. The fourth-order valence-electron chi connectivity index (χ4n) is 2.47. The molecule has 130 valence electrons. The number of carbonyl (C=O) groups is 1. The van der Waals surface area contributed by atoms with Gasteiger partial charge in [-0.1, -0.05) is 23.4 Å². The summed E-state index contributed by atoms with van der Waals surface area (Å²) in [6.07, 6.45) is 0.659. The van der Waals surface area contributed by atoms with Crippen LogP contribution in [-0.4, -0.2) is 27.5 Å². The molecule has 0 N–H and O–H groups in total. The molecule has 1 aromatic carbocycles. The third-order valence-corrected chi connectivity index (χ3v) is 4.63. The van der Waals surface area contributed by atoms with Gasteiger partial charge in [-0.25, -0.2) is 4.39 Å². The van der Waals surface area contributed by atoms with E-state index in [2.05, 4.69) is 10.1 Å². The van der Waals surface area contributed by atoms with Crippen LogP contribution in [0.3, 0.4) is 0 Å². The number of rotatable bonds is 7. The first kappa shape index (κ1) is 17.3. The summed E-state index contributed by atoms with van der Waals surface area (Å²) in [5.74, 6) is 0.665. The molecule has 1 amide bonds. The molecule has 0 radical (unpaired) electrons. The van der Waals surface area contributed by atoms with Crippen LogP contribution >= 0.6 is 11.3 Å². The van der Waals surface area contributed by atoms with E-state index in [0.717, 1.165) is 10.4 Å². The molecule has 0 saturated carbocycles. The lowest BCUT2D eigenvalue weighted by Gasteiger charge is -2.20. The fourth-order valence-corrected chi connectivity index (χ4v) is 3.12. The van der Waals surface area contributed by atoms with E-state index in [9.17, 15) is 9.18 Å². The predicted molar refractivity (Wildman–Crippen MR) is 93.4 cm³/mol. The Balaban J connectivity index is 1.57. The van der Waals surface area contributed by atoms with Crippen LogP contribution in [0.4, 0.5) is 4.39 Å². The number of hydrogen-bond donors (Lipinski definition) is 0. The van der Waals surface area contributed by atoms with Crippen LogP contribution in [0.1, 0.15) is 24.8 Å². The Hall–Kier alpha value is -2.54. The van der Waals surface area contributed by atoms with E-state index in [-0.39, 0.29) is 18.1 Å². The fraction of sp³-hybridized carbons (Fsp3) is 0.278. The third-order valence-electron chi connectivity index (χ3n) is 3.76. The van der Waals surface area contributed by atoms with Gasteiger partial charge in [-0.2, -0.15) is 4.98 Å². The molecule has 0 aliphatic rings. The van der Waals surface area contributed by atoms with E-state index >= 15 is 0 Å². The minimum atomic E-state index is -0.298. The van der Waals surface area contributed by atoms with Gasteiger partial charge in [-0.05, 0) is 36.1 Å². The highest BCUT2D eigenvalue weighted by atomic mass is 32.1. The zero-order chi connectivity index (χ0) is 17.6. The molecule has 3 aromatic rings. The highest BCUT2D eigenvalue weighted by molar-refractivity contribution is 7.13. The Morgan fingerprint density at radius 3 is 2.92 bits per heavy atom. The van der Waals surface area contributed by atoms with E-state index in [4.69, 9.17) is 4.52 Å². The monoisotopic (exact) mass is 359 g/mol. The Bertz CT molecular complexity index is 832. The van der Waals surface area contributed by atoms with E-state index < -0.39 is 0 Å². The predicted octanol–water partition coefficient (Wildman–Crippen LogP) is 3.92. The molecule has 0 saturated heterocycles. The number of aryl methyl sites for hydroxylation is 1. The molecule has 2 aromatic heterocycles. The van der Waals surface area contributed by atoms with Crippen molar-refractivity contribution in [3.8, 4) is 10.7 Å². The van der Waals surface area contributed by atoms with Gasteiger partial charge in [0.2, 0.25) is 17.6 Å². The van der Waals surface area contributed by atoms with Gasteiger partial charge >= 0.3 is 0 Å². The zero-order valence-electron chi connectivity index (χ0n) is 13.8. The zero-order valence-corrected chi connectivity index (χ0v) is 14.6. The van der Waals surface area contributed by atoms with E-state index in [1.807, 2.05) is 30.5 Å². The molecule has 2 heterocycles. The summed E-state index contributed by atoms with van der Waals surface area (Å²) >= 11 is 1.53. The van der Waals surface area contributed by atoms with Crippen molar-refractivity contribution < 1.29 is 13.7 Å². The van der Waals surface area contributed by atoms with Crippen molar-refractivity contribution in [2.24, 2.45) is 0 Å². The van der Waals surface area contributed by atoms with Gasteiger partial charge in [0.05, 0.1) is 4.88 Å². The SMILES string of the molecule is CCN(Cc1cccc(F)c1)C(=O)CCc1nc(-c2cccs2)no1. The number of halogens is 1. The largest absolute Gasteiger partial charge is 0.339 e. The van der Waals surface area contributed by atoms with Crippen molar-refractivity contribution in [3.63, 3.8) is 0 Å². The Morgan fingerprint density at radius 2 is 2.20 bits per heavy atom. The number of aromatic nitrogens is 2.